The Balaban J connectivity index is 1.53. The normalized spacial score (nSPS) is 38.2. The zero-order valence-electron chi connectivity index (χ0n) is 11.3. The molecular weight excluding hydrogens is 236 g/mol. The molecule has 2 nitrogen and oxygen atoms in total. The number of hydrogen-bond acceptors (Lipinski definition) is 2. The third-order valence-electron chi connectivity index (χ3n) is 5.46. The van der Waals surface area contributed by atoms with Crippen LogP contribution in [-0.4, -0.2) is 24.4 Å². The number of hydrogen-bond donors (Lipinski definition) is 1. The molecular formula is C17H22O2. The van der Waals surface area contributed by atoms with Crippen LogP contribution in [0.3, 0.4) is 0 Å². The van der Waals surface area contributed by atoms with Gasteiger partial charge in [0, 0.05) is 12.5 Å². The predicted octanol–water partition coefficient (Wildman–Crippen LogP) is 2.75. The van der Waals surface area contributed by atoms with E-state index in [0.717, 1.165) is 32.0 Å². The first-order valence-electron chi connectivity index (χ1n) is 7.70. The monoisotopic (exact) mass is 258 g/mol. The first-order chi connectivity index (χ1) is 9.36. The number of ether oxygens (including phenoxy) is 1. The molecule has 0 amide bonds. The van der Waals surface area contributed by atoms with Gasteiger partial charge < -0.3 is 9.84 Å². The van der Waals surface area contributed by atoms with Crippen LogP contribution in [0.25, 0.3) is 0 Å². The summed E-state index contributed by atoms with van der Waals surface area (Å²) in [5.74, 6) is 2.22. The van der Waals surface area contributed by atoms with E-state index in [-0.39, 0.29) is 6.10 Å². The summed E-state index contributed by atoms with van der Waals surface area (Å²) >= 11 is 0. The summed E-state index contributed by atoms with van der Waals surface area (Å²) in [5.41, 5.74) is 3.03. The van der Waals surface area contributed by atoms with Crippen molar-refractivity contribution in [2.24, 2.45) is 17.8 Å². The number of fused-ring (bicyclic) bond motifs is 3. The summed E-state index contributed by atoms with van der Waals surface area (Å²) in [4.78, 5) is 0. The molecule has 5 unspecified atom stereocenters. The molecule has 2 heteroatoms. The van der Waals surface area contributed by atoms with Crippen LogP contribution in [-0.2, 0) is 11.2 Å². The summed E-state index contributed by atoms with van der Waals surface area (Å²) in [6.45, 7) is 1.64. The maximum absolute atomic E-state index is 10.7. The smallest absolute Gasteiger partial charge is 0.0627 e. The minimum atomic E-state index is -0.151. The highest BCUT2D eigenvalue weighted by Gasteiger charge is 2.57. The van der Waals surface area contributed by atoms with Gasteiger partial charge in [0.1, 0.15) is 0 Å². The molecule has 0 bridgehead atoms. The highest BCUT2D eigenvalue weighted by Crippen LogP contribution is 2.62. The molecule has 1 heterocycles. The second-order valence-electron chi connectivity index (χ2n) is 6.47. The van der Waals surface area contributed by atoms with Crippen LogP contribution in [0, 0.1) is 17.8 Å². The number of benzene rings is 1. The average molecular weight is 258 g/mol. The molecule has 1 aliphatic heterocycles. The molecule has 1 saturated carbocycles. The van der Waals surface area contributed by atoms with Gasteiger partial charge in [-0.15, -0.1) is 0 Å². The molecule has 1 saturated heterocycles. The highest BCUT2D eigenvalue weighted by molar-refractivity contribution is 5.39. The van der Waals surface area contributed by atoms with Gasteiger partial charge in [-0.25, -0.2) is 0 Å². The first-order valence-corrected chi connectivity index (χ1v) is 7.70. The molecule has 3 aliphatic rings. The third kappa shape index (κ3) is 1.93. The fourth-order valence-corrected chi connectivity index (χ4v) is 4.43. The van der Waals surface area contributed by atoms with Crippen LogP contribution in [0.15, 0.2) is 24.3 Å². The van der Waals surface area contributed by atoms with E-state index in [9.17, 15) is 5.11 Å². The van der Waals surface area contributed by atoms with Crippen molar-refractivity contribution in [3.8, 4) is 0 Å². The molecule has 0 spiro atoms. The van der Waals surface area contributed by atoms with Crippen molar-refractivity contribution in [2.45, 2.75) is 37.7 Å². The fourth-order valence-electron chi connectivity index (χ4n) is 4.43. The first kappa shape index (κ1) is 11.9. The van der Waals surface area contributed by atoms with E-state index in [1.165, 1.54) is 24.0 Å². The van der Waals surface area contributed by atoms with E-state index < -0.39 is 0 Å². The summed E-state index contributed by atoms with van der Waals surface area (Å²) < 4.78 is 5.54. The van der Waals surface area contributed by atoms with E-state index in [1.807, 2.05) is 0 Å². The average Bonchev–Trinajstić information content (AvgIpc) is 3.22. The number of aliphatic hydroxyl groups excluding tert-OH is 1. The van der Waals surface area contributed by atoms with E-state index in [2.05, 4.69) is 24.3 Å². The van der Waals surface area contributed by atoms with Gasteiger partial charge in [0.05, 0.1) is 12.7 Å². The minimum Gasteiger partial charge on any atom is -0.392 e. The molecule has 5 atom stereocenters. The molecule has 1 aromatic carbocycles. The van der Waals surface area contributed by atoms with Crippen molar-refractivity contribution in [2.75, 3.05) is 13.2 Å². The summed E-state index contributed by atoms with van der Waals surface area (Å²) in [7, 11) is 0. The predicted molar refractivity (Wildman–Crippen MR) is 74.0 cm³/mol. The fraction of sp³-hybridized carbons (Fsp3) is 0.647. The number of aryl methyl sites for hydroxylation is 1. The topological polar surface area (TPSA) is 29.5 Å². The van der Waals surface area contributed by atoms with Crippen molar-refractivity contribution in [1.29, 1.82) is 0 Å². The Kier molecular flexibility index (Phi) is 2.89. The quantitative estimate of drug-likeness (QED) is 0.884. The Morgan fingerprint density at radius 2 is 2.11 bits per heavy atom. The lowest BCUT2D eigenvalue weighted by Crippen LogP contribution is -2.31. The van der Waals surface area contributed by atoms with Gasteiger partial charge >= 0.3 is 0 Å². The molecule has 1 N–H and O–H groups in total. The van der Waals surface area contributed by atoms with Gasteiger partial charge in [-0.05, 0) is 54.6 Å². The van der Waals surface area contributed by atoms with Gasteiger partial charge in [0.15, 0.2) is 0 Å². The second kappa shape index (κ2) is 4.60. The Hall–Kier alpha value is -0.860. The lowest BCUT2D eigenvalue weighted by Gasteiger charge is -2.27. The van der Waals surface area contributed by atoms with Crippen molar-refractivity contribution in [3.05, 3.63) is 35.4 Å². The molecule has 4 rings (SSSR count). The molecule has 0 radical (unpaired) electrons. The zero-order valence-corrected chi connectivity index (χ0v) is 11.3. The van der Waals surface area contributed by atoms with Gasteiger partial charge in [-0.1, -0.05) is 24.3 Å². The lowest BCUT2D eigenvalue weighted by molar-refractivity contribution is -0.0199. The molecule has 19 heavy (non-hydrogen) atoms. The molecule has 0 aromatic heterocycles. The van der Waals surface area contributed by atoms with Crippen LogP contribution in [0.4, 0.5) is 0 Å². The number of rotatable bonds is 2. The second-order valence-corrected chi connectivity index (χ2v) is 6.47. The Morgan fingerprint density at radius 3 is 2.95 bits per heavy atom. The van der Waals surface area contributed by atoms with Gasteiger partial charge in [-0.2, -0.15) is 0 Å². The van der Waals surface area contributed by atoms with E-state index in [4.69, 9.17) is 4.74 Å². The minimum absolute atomic E-state index is 0.151. The summed E-state index contributed by atoms with van der Waals surface area (Å²) in [6, 6.07) is 8.82. The van der Waals surface area contributed by atoms with E-state index in [1.54, 1.807) is 0 Å². The maximum atomic E-state index is 10.7. The van der Waals surface area contributed by atoms with Gasteiger partial charge in [0.25, 0.3) is 0 Å². The van der Waals surface area contributed by atoms with E-state index >= 15 is 0 Å². The Morgan fingerprint density at radius 1 is 1.21 bits per heavy atom. The molecule has 102 valence electrons. The van der Waals surface area contributed by atoms with Crippen molar-refractivity contribution < 1.29 is 9.84 Å². The zero-order chi connectivity index (χ0) is 12.8. The SMILES string of the molecule is OC(C1CCCOC1)C1C2CCc3ccccc3C21. The van der Waals surface area contributed by atoms with Crippen LogP contribution in [0.5, 0.6) is 0 Å². The van der Waals surface area contributed by atoms with Crippen LogP contribution < -0.4 is 0 Å². The highest BCUT2D eigenvalue weighted by atomic mass is 16.5. The molecule has 2 aliphatic carbocycles. The molecule has 1 aromatic rings. The Bertz CT molecular complexity index is 464. The standard InChI is InChI=1S/C17H22O2/c18-17(12-5-3-9-19-10-12)16-14-8-7-11-4-1-2-6-13(11)15(14)16/h1-2,4,6,12,14-18H,3,5,7-10H2. The largest absolute Gasteiger partial charge is 0.392 e. The van der Waals surface area contributed by atoms with E-state index in [0.29, 0.717) is 17.8 Å². The summed E-state index contributed by atoms with van der Waals surface area (Å²) in [6.07, 6.45) is 4.55. The van der Waals surface area contributed by atoms with Crippen molar-refractivity contribution in [1.82, 2.24) is 0 Å². The molecule has 2 fully saturated rings. The number of aliphatic hydroxyl groups is 1. The third-order valence-corrected chi connectivity index (χ3v) is 5.46. The van der Waals surface area contributed by atoms with Crippen LogP contribution >= 0.6 is 0 Å². The maximum Gasteiger partial charge on any atom is 0.0627 e. The summed E-state index contributed by atoms with van der Waals surface area (Å²) in [5, 5.41) is 10.7. The van der Waals surface area contributed by atoms with Crippen LogP contribution in [0.2, 0.25) is 0 Å². The lowest BCUT2D eigenvalue weighted by atomic mass is 9.90. The van der Waals surface area contributed by atoms with Gasteiger partial charge in [-0.3, -0.25) is 0 Å². The van der Waals surface area contributed by atoms with Gasteiger partial charge in [0.2, 0.25) is 0 Å². The van der Waals surface area contributed by atoms with Crippen LogP contribution in [0.1, 0.15) is 36.3 Å². The Labute approximate surface area is 114 Å². The van der Waals surface area contributed by atoms with Crippen molar-refractivity contribution >= 4 is 0 Å². The van der Waals surface area contributed by atoms with Crippen molar-refractivity contribution in [3.63, 3.8) is 0 Å².